The molecule has 4 aromatic rings. The lowest BCUT2D eigenvalue weighted by molar-refractivity contribution is -0.113. The molecule has 1 amide bonds. The predicted molar refractivity (Wildman–Crippen MR) is 160 cm³/mol. The van der Waals surface area contributed by atoms with Gasteiger partial charge in [-0.2, -0.15) is 0 Å². The molecule has 38 heavy (non-hydrogen) atoms. The molecule has 0 saturated carbocycles. The Bertz CT molecular complexity index is 1540. The molecule has 4 aromatic carbocycles. The van der Waals surface area contributed by atoms with Gasteiger partial charge in [0.1, 0.15) is 12.4 Å². The summed E-state index contributed by atoms with van der Waals surface area (Å²) in [5.41, 5.74) is 3.52. The number of nitrogens with zero attached hydrogens (tertiary/aromatic N) is 2. The summed E-state index contributed by atoms with van der Waals surface area (Å²) < 4.78 is 6.85. The number of thioether (sulfide) groups is 1. The Morgan fingerprint density at radius 2 is 1.63 bits per heavy atom. The van der Waals surface area contributed by atoms with Gasteiger partial charge in [-0.05, 0) is 100 Å². The normalized spacial score (nSPS) is 15.3. The summed E-state index contributed by atoms with van der Waals surface area (Å²) in [6.07, 6.45) is 1.87. The van der Waals surface area contributed by atoms with Crippen LogP contribution in [0.5, 0.6) is 5.75 Å². The maximum absolute atomic E-state index is 13.5. The average molecular weight is 632 g/mol. The summed E-state index contributed by atoms with van der Waals surface area (Å²) in [7, 11) is 0. The minimum atomic E-state index is -0.957. The number of aliphatic imine (C=N–C) groups is 1. The number of aromatic carboxylic acids is 1. The van der Waals surface area contributed by atoms with Crippen molar-refractivity contribution in [2.45, 2.75) is 6.61 Å². The largest absolute Gasteiger partial charge is 0.488 e. The number of anilines is 1. The van der Waals surface area contributed by atoms with Crippen LogP contribution in [0.3, 0.4) is 0 Å². The van der Waals surface area contributed by atoms with E-state index in [4.69, 9.17) is 14.8 Å². The zero-order chi connectivity index (χ0) is 26.5. The van der Waals surface area contributed by atoms with Crippen molar-refractivity contribution in [2.24, 2.45) is 4.99 Å². The van der Waals surface area contributed by atoms with Crippen molar-refractivity contribution in [1.29, 1.82) is 0 Å². The number of amides is 1. The van der Waals surface area contributed by atoms with Crippen LogP contribution in [0, 0.1) is 3.57 Å². The van der Waals surface area contributed by atoms with Crippen molar-refractivity contribution in [3.63, 3.8) is 0 Å². The summed E-state index contributed by atoms with van der Waals surface area (Å²) in [5, 5.41) is 9.65. The molecule has 1 saturated heterocycles. The lowest BCUT2D eigenvalue weighted by Crippen LogP contribution is -2.28. The highest BCUT2D eigenvalue weighted by molar-refractivity contribution is 14.1. The molecule has 0 bridgehead atoms. The lowest BCUT2D eigenvalue weighted by atomic mass is 10.1. The number of rotatable bonds is 7. The number of ether oxygens (including phenoxy) is 1. The second-order valence-corrected chi connectivity index (χ2v) is 10.5. The molecule has 6 nitrogen and oxygen atoms in total. The molecule has 188 valence electrons. The molecule has 0 radical (unpaired) electrons. The number of carboxylic acids is 1. The Morgan fingerprint density at radius 1 is 0.947 bits per heavy atom. The maximum Gasteiger partial charge on any atom is 0.335 e. The van der Waals surface area contributed by atoms with Crippen LogP contribution >= 0.6 is 34.4 Å². The molecule has 0 unspecified atom stereocenters. The molecule has 0 aliphatic carbocycles. The number of hydrogen-bond acceptors (Lipinski definition) is 5. The van der Waals surface area contributed by atoms with Crippen LogP contribution < -0.4 is 9.64 Å². The molecular weight excluding hydrogens is 611 g/mol. The van der Waals surface area contributed by atoms with Gasteiger partial charge in [0.05, 0.1) is 25.4 Å². The molecular formula is C30H21IN2O4S. The molecule has 0 aromatic heterocycles. The number of hydrogen-bond donors (Lipinski definition) is 1. The highest BCUT2D eigenvalue weighted by Gasteiger charge is 2.34. The highest BCUT2D eigenvalue weighted by Crippen LogP contribution is 2.37. The van der Waals surface area contributed by atoms with Crippen LogP contribution in [0.1, 0.15) is 21.5 Å². The number of para-hydroxylation sites is 2. The van der Waals surface area contributed by atoms with Crippen molar-refractivity contribution in [3.8, 4) is 5.75 Å². The molecule has 0 atom stereocenters. The number of amidine groups is 1. The molecule has 1 aliphatic heterocycles. The third kappa shape index (κ3) is 5.98. The average Bonchev–Trinajstić information content (AvgIpc) is 3.23. The molecule has 1 aliphatic rings. The Morgan fingerprint density at radius 3 is 2.29 bits per heavy atom. The highest BCUT2D eigenvalue weighted by atomic mass is 127. The fourth-order valence-corrected chi connectivity index (χ4v) is 5.44. The first kappa shape index (κ1) is 25.7. The van der Waals surface area contributed by atoms with E-state index in [2.05, 4.69) is 22.6 Å². The van der Waals surface area contributed by atoms with Gasteiger partial charge < -0.3 is 9.84 Å². The van der Waals surface area contributed by atoms with E-state index in [0.29, 0.717) is 22.4 Å². The zero-order valence-corrected chi connectivity index (χ0v) is 22.9. The molecule has 1 heterocycles. The quantitative estimate of drug-likeness (QED) is 0.170. The smallest absolute Gasteiger partial charge is 0.335 e. The van der Waals surface area contributed by atoms with E-state index in [1.54, 1.807) is 29.2 Å². The Balaban J connectivity index is 1.36. The number of carbonyl (C=O) groups excluding carboxylic acids is 1. The van der Waals surface area contributed by atoms with Gasteiger partial charge in [-0.1, -0.05) is 54.6 Å². The van der Waals surface area contributed by atoms with E-state index in [-0.39, 0.29) is 11.5 Å². The Kier molecular flexibility index (Phi) is 7.90. The van der Waals surface area contributed by atoms with E-state index in [9.17, 15) is 9.59 Å². The van der Waals surface area contributed by atoms with Gasteiger partial charge in [0.2, 0.25) is 0 Å². The maximum atomic E-state index is 13.5. The second-order valence-electron chi connectivity index (χ2n) is 8.30. The minimum Gasteiger partial charge on any atom is -0.488 e. The Hall–Kier alpha value is -3.89. The molecule has 1 fully saturated rings. The van der Waals surface area contributed by atoms with Crippen LogP contribution in [0.15, 0.2) is 113 Å². The number of carboxylic acid groups (broad SMARTS) is 1. The minimum absolute atomic E-state index is 0.129. The lowest BCUT2D eigenvalue weighted by Gasteiger charge is -2.15. The van der Waals surface area contributed by atoms with E-state index in [1.165, 1.54) is 11.8 Å². The van der Waals surface area contributed by atoms with Gasteiger partial charge in [0, 0.05) is 0 Å². The van der Waals surface area contributed by atoms with Crippen LogP contribution in [0.2, 0.25) is 0 Å². The molecule has 1 N–H and O–H groups in total. The van der Waals surface area contributed by atoms with E-state index < -0.39 is 5.97 Å². The van der Waals surface area contributed by atoms with Gasteiger partial charge in [-0.25, -0.2) is 9.79 Å². The summed E-state index contributed by atoms with van der Waals surface area (Å²) in [6.45, 7) is 0.315. The van der Waals surface area contributed by atoms with Crippen LogP contribution in [0.25, 0.3) is 6.08 Å². The van der Waals surface area contributed by atoms with Crippen molar-refractivity contribution in [1.82, 2.24) is 0 Å². The van der Waals surface area contributed by atoms with Crippen molar-refractivity contribution in [2.75, 3.05) is 4.90 Å². The third-order valence-electron chi connectivity index (χ3n) is 5.65. The van der Waals surface area contributed by atoms with Gasteiger partial charge in [-0.3, -0.25) is 9.69 Å². The molecule has 5 rings (SSSR count). The summed E-state index contributed by atoms with van der Waals surface area (Å²) in [6, 6.07) is 31.4. The number of benzene rings is 4. The van der Waals surface area contributed by atoms with Crippen LogP contribution in [-0.2, 0) is 11.4 Å². The summed E-state index contributed by atoms with van der Waals surface area (Å²) in [4.78, 5) is 31.5. The van der Waals surface area contributed by atoms with Gasteiger partial charge in [-0.15, -0.1) is 0 Å². The first-order chi connectivity index (χ1) is 18.5. The van der Waals surface area contributed by atoms with Gasteiger partial charge in [0.15, 0.2) is 5.17 Å². The van der Waals surface area contributed by atoms with Gasteiger partial charge >= 0.3 is 5.97 Å². The first-order valence-electron chi connectivity index (χ1n) is 11.7. The molecule has 8 heteroatoms. The van der Waals surface area contributed by atoms with Crippen molar-refractivity contribution >= 4 is 68.8 Å². The fourth-order valence-electron chi connectivity index (χ4n) is 3.75. The van der Waals surface area contributed by atoms with E-state index in [1.807, 2.05) is 84.9 Å². The third-order valence-corrected chi connectivity index (χ3v) is 7.46. The fraction of sp³-hybridized carbons (Fsp3) is 0.0333. The Labute approximate surface area is 237 Å². The van der Waals surface area contributed by atoms with Crippen molar-refractivity contribution < 1.29 is 19.4 Å². The number of carbonyl (C=O) groups is 2. The standard InChI is InChI=1S/C30H21IN2O4S/c31-25-17-21(13-16-26(25)37-19-20-11-14-22(15-12-20)29(35)36)18-27-28(34)33(24-9-5-2-6-10-24)30(38-27)32-23-7-3-1-4-8-23/h1-18H,19H2,(H,35,36)/b27-18-,32-30?. The topological polar surface area (TPSA) is 79.2 Å². The monoisotopic (exact) mass is 632 g/mol. The summed E-state index contributed by atoms with van der Waals surface area (Å²) >= 11 is 3.55. The van der Waals surface area contributed by atoms with Crippen molar-refractivity contribution in [3.05, 3.63) is 128 Å². The SMILES string of the molecule is O=C(O)c1ccc(COc2ccc(/C=C3\SC(=Nc4ccccc4)N(c4ccccc4)C3=O)cc2I)cc1. The first-order valence-corrected chi connectivity index (χ1v) is 13.5. The molecule has 0 spiro atoms. The summed E-state index contributed by atoms with van der Waals surface area (Å²) in [5.74, 6) is -0.380. The van der Waals surface area contributed by atoms with Gasteiger partial charge in [0.25, 0.3) is 5.91 Å². The zero-order valence-electron chi connectivity index (χ0n) is 20.0. The van der Waals surface area contributed by atoms with Crippen LogP contribution in [-0.4, -0.2) is 22.2 Å². The predicted octanol–water partition coefficient (Wildman–Crippen LogP) is 7.38. The van der Waals surface area contributed by atoms with E-state index >= 15 is 0 Å². The van der Waals surface area contributed by atoms with E-state index in [0.717, 1.165) is 26.1 Å². The van der Waals surface area contributed by atoms with Crippen LogP contribution in [0.4, 0.5) is 11.4 Å². The number of halogens is 1. The second kappa shape index (κ2) is 11.7.